The molecule has 1 atom stereocenters. The molecule has 1 fully saturated rings. The average Bonchev–Trinajstić information content (AvgIpc) is 2.49. The van der Waals surface area contributed by atoms with Crippen molar-refractivity contribution in [3.8, 4) is 6.07 Å². The summed E-state index contributed by atoms with van der Waals surface area (Å²) in [5, 5.41) is 20.2. The summed E-state index contributed by atoms with van der Waals surface area (Å²) in [5.41, 5.74) is -0.316. The van der Waals surface area contributed by atoms with Crippen LogP contribution >= 0.6 is 15.9 Å². The Morgan fingerprint density at radius 1 is 1.50 bits per heavy atom. The molecule has 1 N–H and O–H groups in total. The molecule has 1 aliphatic rings. The second kappa shape index (κ2) is 6.24. The van der Waals surface area contributed by atoms with Crippen LogP contribution in [-0.4, -0.2) is 5.11 Å². The van der Waals surface area contributed by atoms with Crippen molar-refractivity contribution in [2.75, 3.05) is 0 Å². The third kappa shape index (κ3) is 2.89. The van der Waals surface area contributed by atoms with E-state index in [1.165, 1.54) is 12.1 Å². The Labute approximate surface area is 127 Å². The van der Waals surface area contributed by atoms with Gasteiger partial charge in [-0.15, -0.1) is 0 Å². The minimum atomic E-state index is -0.949. The van der Waals surface area contributed by atoms with E-state index in [0.29, 0.717) is 28.8 Å². The SMILES string of the molecule is CCC1CCC(C#N)(C(O)c2cc(F)ccc2Br)CC1. The highest BCUT2D eigenvalue weighted by molar-refractivity contribution is 9.10. The molecule has 1 aromatic carbocycles. The lowest BCUT2D eigenvalue weighted by Crippen LogP contribution is -2.32. The minimum absolute atomic E-state index is 0.391. The molecule has 2 nitrogen and oxygen atoms in total. The van der Waals surface area contributed by atoms with Crippen LogP contribution in [-0.2, 0) is 0 Å². The van der Waals surface area contributed by atoms with Crippen LogP contribution in [0.4, 0.5) is 4.39 Å². The summed E-state index contributed by atoms with van der Waals surface area (Å²) in [4.78, 5) is 0. The maximum atomic E-state index is 13.4. The van der Waals surface area contributed by atoms with Gasteiger partial charge < -0.3 is 5.11 Å². The molecule has 2 rings (SSSR count). The van der Waals surface area contributed by atoms with E-state index in [9.17, 15) is 14.8 Å². The molecule has 1 aliphatic carbocycles. The van der Waals surface area contributed by atoms with Gasteiger partial charge in [0.05, 0.1) is 17.6 Å². The third-order valence-electron chi connectivity index (χ3n) is 4.57. The van der Waals surface area contributed by atoms with Crippen LogP contribution in [0.5, 0.6) is 0 Å². The van der Waals surface area contributed by atoms with Gasteiger partial charge in [0.2, 0.25) is 0 Å². The van der Waals surface area contributed by atoms with Crippen molar-refractivity contribution in [2.45, 2.75) is 45.1 Å². The van der Waals surface area contributed by atoms with E-state index in [-0.39, 0.29) is 0 Å². The van der Waals surface area contributed by atoms with Crippen LogP contribution < -0.4 is 0 Å². The van der Waals surface area contributed by atoms with Gasteiger partial charge >= 0.3 is 0 Å². The topological polar surface area (TPSA) is 44.0 Å². The minimum Gasteiger partial charge on any atom is -0.387 e. The van der Waals surface area contributed by atoms with E-state index in [2.05, 4.69) is 28.9 Å². The summed E-state index contributed by atoms with van der Waals surface area (Å²) in [5.74, 6) is 0.247. The monoisotopic (exact) mass is 339 g/mol. The Hall–Kier alpha value is -0.920. The summed E-state index contributed by atoms with van der Waals surface area (Å²) >= 11 is 3.34. The smallest absolute Gasteiger partial charge is 0.123 e. The number of halogens is 2. The molecular weight excluding hydrogens is 321 g/mol. The predicted octanol–water partition coefficient (Wildman–Crippen LogP) is 4.73. The maximum absolute atomic E-state index is 13.4. The highest BCUT2D eigenvalue weighted by Crippen LogP contribution is 2.48. The third-order valence-corrected chi connectivity index (χ3v) is 5.30. The highest BCUT2D eigenvalue weighted by atomic mass is 79.9. The van der Waals surface area contributed by atoms with E-state index < -0.39 is 17.3 Å². The van der Waals surface area contributed by atoms with Gasteiger partial charge in [0.25, 0.3) is 0 Å². The van der Waals surface area contributed by atoms with Gasteiger partial charge in [-0.2, -0.15) is 5.26 Å². The van der Waals surface area contributed by atoms with Crippen LogP contribution in [0.1, 0.15) is 50.7 Å². The summed E-state index contributed by atoms with van der Waals surface area (Å²) in [7, 11) is 0. The Morgan fingerprint density at radius 3 is 2.70 bits per heavy atom. The molecule has 0 aliphatic heterocycles. The maximum Gasteiger partial charge on any atom is 0.123 e. The summed E-state index contributed by atoms with van der Waals surface area (Å²) < 4.78 is 14.1. The lowest BCUT2D eigenvalue weighted by atomic mass is 9.66. The van der Waals surface area contributed by atoms with Crippen LogP contribution in [0.2, 0.25) is 0 Å². The van der Waals surface area contributed by atoms with Crippen molar-refractivity contribution < 1.29 is 9.50 Å². The molecule has 0 bridgehead atoms. The Balaban J connectivity index is 2.28. The number of benzene rings is 1. The number of nitriles is 1. The summed E-state index contributed by atoms with van der Waals surface area (Å²) in [6.45, 7) is 2.16. The van der Waals surface area contributed by atoms with Crippen molar-refractivity contribution in [3.63, 3.8) is 0 Å². The fourth-order valence-corrected chi connectivity index (χ4v) is 3.53. The molecule has 0 heterocycles. The lowest BCUT2D eigenvalue weighted by Gasteiger charge is -2.38. The number of aliphatic hydroxyl groups is 1. The molecule has 1 saturated carbocycles. The number of nitrogens with zero attached hydrogens (tertiary/aromatic N) is 1. The van der Waals surface area contributed by atoms with E-state index in [1.54, 1.807) is 6.07 Å². The van der Waals surface area contributed by atoms with Gasteiger partial charge in [-0.1, -0.05) is 29.3 Å². The molecule has 20 heavy (non-hydrogen) atoms. The number of hydrogen-bond acceptors (Lipinski definition) is 2. The molecule has 1 unspecified atom stereocenters. The molecule has 4 heteroatoms. The zero-order chi connectivity index (χ0) is 14.8. The Bertz CT molecular complexity index is 518. The summed E-state index contributed by atoms with van der Waals surface area (Å²) in [6, 6.07) is 6.55. The molecule has 108 valence electrons. The molecule has 0 aromatic heterocycles. The molecule has 0 amide bonds. The zero-order valence-corrected chi connectivity index (χ0v) is 13.2. The standard InChI is InChI=1S/C16H19BrFNO/c1-2-11-5-7-16(10-19,8-6-11)15(20)13-9-12(18)3-4-14(13)17/h3-4,9,11,15,20H,2,5-8H2,1H3. The van der Waals surface area contributed by atoms with Crippen LogP contribution in [0, 0.1) is 28.5 Å². The van der Waals surface area contributed by atoms with Crippen LogP contribution in [0.15, 0.2) is 22.7 Å². The fourth-order valence-electron chi connectivity index (χ4n) is 3.07. The first-order chi connectivity index (χ1) is 9.52. The first-order valence-electron chi connectivity index (χ1n) is 7.06. The number of hydrogen-bond donors (Lipinski definition) is 1. The van der Waals surface area contributed by atoms with Gasteiger partial charge in [-0.25, -0.2) is 4.39 Å². The average molecular weight is 340 g/mol. The van der Waals surface area contributed by atoms with Gasteiger partial charge in [0, 0.05) is 4.47 Å². The first-order valence-corrected chi connectivity index (χ1v) is 7.86. The first kappa shape index (κ1) is 15.5. The molecule has 0 saturated heterocycles. The van der Waals surface area contributed by atoms with Crippen LogP contribution in [0.25, 0.3) is 0 Å². The van der Waals surface area contributed by atoms with Gasteiger partial charge in [-0.05, 0) is 55.4 Å². The van der Waals surface area contributed by atoms with Crippen LogP contribution in [0.3, 0.4) is 0 Å². The van der Waals surface area contributed by atoms with Crippen molar-refractivity contribution in [1.29, 1.82) is 5.26 Å². The van der Waals surface area contributed by atoms with Gasteiger partial charge in [-0.3, -0.25) is 0 Å². The normalized spacial score (nSPS) is 27.9. The molecule has 0 spiro atoms. The summed E-state index contributed by atoms with van der Waals surface area (Å²) in [6.07, 6.45) is 3.41. The van der Waals surface area contributed by atoms with Gasteiger partial charge in [0.15, 0.2) is 0 Å². The van der Waals surface area contributed by atoms with E-state index in [0.717, 1.165) is 19.3 Å². The van der Waals surface area contributed by atoms with Crippen molar-refractivity contribution in [3.05, 3.63) is 34.1 Å². The van der Waals surface area contributed by atoms with Gasteiger partial charge in [0.1, 0.15) is 5.82 Å². The van der Waals surface area contributed by atoms with Crippen molar-refractivity contribution >= 4 is 15.9 Å². The molecular formula is C16H19BrFNO. The van der Waals surface area contributed by atoms with Crippen molar-refractivity contribution in [1.82, 2.24) is 0 Å². The largest absolute Gasteiger partial charge is 0.387 e. The van der Waals surface area contributed by atoms with Crippen molar-refractivity contribution in [2.24, 2.45) is 11.3 Å². The Kier molecular flexibility index (Phi) is 4.82. The predicted molar refractivity (Wildman–Crippen MR) is 79.4 cm³/mol. The van der Waals surface area contributed by atoms with E-state index >= 15 is 0 Å². The zero-order valence-electron chi connectivity index (χ0n) is 11.6. The van der Waals surface area contributed by atoms with E-state index in [1.807, 2.05) is 0 Å². The fraction of sp³-hybridized carbons (Fsp3) is 0.562. The number of rotatable bonds is 3. The second-order valence-corrected chi connectivity index (χ2v) is 6.54. The Morgan fingerprint density at radius 2 is 2.15 bits per heavy atom. The highest BCUT2D eigenvalue weighted by Gasteiger charge is 2.42. The quantitative estimate of drug-likeness (QED) is 0.864. The van der Waals surface area contributed by atoms with E-state index in [4.69, 9.17) is 0 Å². The molecule has 0 radical (unpaired) electrons. The number of aliphatic hydroxyl groups excluding tert-OH is 1. The lowest BCUT2D eigenvalue weighted by molar-refractivity contribution is 0.0236. The second-order valence-electron chi connectivity index (χ2n) is 5.69. The molecule has 1 aromatic rings.